The van der Waals surface area contributed by atoms with Gasteiger partial charge in [0.25, 0.3) is 0 Å². The lowest BCUT2D eigenvalue weighted by Crippen LogP contribution is -2.48. The predicted octanol–water partition coefficient (Wildman–Crippen LogP) is 1.02. The summed E-state index contributed by atoms with van der Waals surface area (Å²) in [4.78, 5) is 15.6. The summed E-state index contributed by atoms with van der Waals surface area (Å²) in [5.41, 5.74) is 0. The Labute approximate surface area is 129 Å². The van der Waals surface area contributed by atoms with Gasteiger partial charge in [-0.2, -0.15) is 0 Å². The zero-order valence-electron chi connectivity index (χ0n) is 11.8. The molecule has 0 bridgehead atoms. The van der Waals surface area contributed by atoms with Gasteiger partial charge >= 0.3 is 0 Å². The minimum atomic E-state index is -2.99. The average Bonchev–Trinajstić information content (AvgIpc) is 3.11. The molecule has 2 heterocycles. The van der Waals surface area contributed by atoms with E-state index >= 15 is 0 Å². The second-order valence-electron chi connectivity index (χ2n) is 5.80. The number of nitrogens with zero attached hydrogens (tertiary/aromatic N) is 1. The van der Waals surface area contributed by atoms with Gasteiger partial charge in [-0.1, -0.05) is 6.07 Å². The zero-order valence-corrected chi connectivity index (χ0v) is 13.5. The molecule has 0 aromatic carbocycles. The molecule has 116 valence electrons. The molecule has 1 saturated heterocycles. The number of thiophene rings is 1. The van der Waals surface area contributed by atoms with Crippen LogP contribution in [0.1, 0.15) is 24.1 Å². The average molecular weight is 328 g/mol. The van der Waals surface area contributed by atoms with E-state index in [4.69, 9.17) is 0 Å². The maximum Gasteiger partial charge on any atom is 0.224 e. The van der Waals surface area contributed by atoms with E-state index in [9.17, 15) is 13.2 Å². The molecule has 3 rings (SSSR count). The van der Waals surface area contributed by atoms with Crippen molar-refractivity contribution in [3.63, 3.8) is 0 Å². The quantitative estimate of drug-likeness (QED) is 0.876. The third-order valence-corrected chi connectivity index (χ3v) is 6.53. The van der Waals surface area contributed by atoms with Crippen molar-refractivity contribution in [1.82, 2.24) is 10.2 Å². The smallest absolute Gasteiger partial charge is 0.224 e. The van der Waals surface area contributed by atoms with Gasteiger partial charge in [0, 0.05) is 29.9 Å². The first-order chi connectivity index (χ1) is 10.0. The Balaban J connectivity index is 1.62. The molecule has 1 N–H and O–H groups in total. The fourth-order valence-electron chi connectivity index (χ4n) is 2.70. The molecule has 2 aliphatic rings. The van der Waals surface area contributed by atoms with Crippen molar-refractivity contribution >= 4 is 27.1 Å². The molecular weight excluding hydrogens is 308 g/mol. The second kappa shape index (κ2) is 6.06. The Bertz CT molecular complexity index is 594. The lowest BCUT2D eigenvalue weighted by Gasteiger charge is -2.27. The van der Waals surface area contributed by atoms with Crippen molar-refractivity contribution in [1.29, 1.82) is 0 Å². The van der Waals surface area contributed by atoms with Gasteiger partial charge in [-0.3, -0.25) is 4.79 Å². The van der Waals surface area contributed by atoms with Crippen LogP contribution in [0.2, 0.25) is 0 Å². The molecule has 1 aliphatic carbocycles. The summed E-state index contributed by atoms with van der Waals surface area (Å²) in [6.45, 7) is 1.11. The van der Waals surface area contributed by atoms with Gasteiger partial charge < -0.3 is 10.2 Å². The van der Waals surface area contributed by atoms with Crippen LogP contribution < -0.4 is 5.32 Å². The summed E-state index contributed by atoms with van der Waals surface area (Å²) < 4.78 is 23.3. The lowest BCUT2D eigenvalue weighted by atomic mass is 10.2. The highest BCUT2D eigenvalue weighted by Crippen LogP contribution is 2.30. The maximum absolute atomic E-state index is 12.5. The molecular formula is C14H20N2O3S2. The minimum Gasteiger partial charge on any atom is -0.335 e. The van der Waals surface area contributed by atoms with Crippen LogP contribution in [0.25, 0.3) is 0 Å². The van der Waals surface area contributed by atoms with E-state index in [-0.39, 0.29) is 29.9 Å². The standard InChI is InChI=1S/C14H20N2O3S2/c17-14(8-11-10-21(18,19)7-5-15-11)16(12-3-4-12)9-13-2-1-6-20-13/h1-2,6,11-12,15H,3-5,7-10H2. The van der Waals surface area contributed by atoms with Crippen molar-refractivity contribution in [2.75, 3.05) is 18.1 Å². The number of sulfone groups is 1. The molecule has 2 fully saturated rings. The number of rotatable bonds is 5. The second-order valence-corrected chi connectivity index (χ2v) is 9.06. The van der Waals surface area contributed by atoms with E-state index in [0.29, 0.717) is 19.1 Å². The van der Waals surface area contributed by atoms with Crippen LogP contribution in [0, 0.1) is 0 Å². The van der Waals surface area contributed by atoms with Crippen molar-refractivity contribution in [2.24, 2.45) is 0 Å². The van der Waals surface area contributed by atoms with Crippen molar-refractivity contribution in [3.8, 4) is 0 Å². The SMILES string of the molecule is O=C(CC1CS(=O)(=O)CCN1)N(Cc1cccs1)C1CC1. The third-order valence-electron chi connectivity index (χ3n) is 3.94. The van der Waals surface area contributed by atoms with Crippen LogP contribution in [-0.2, 0) is 21.2 Å². The first-order valence-electron chi connectivity index (χ1n) is 7.29. The van der Waals surface area contributed by atoms with E-state index in [1.165, 1.54) is 4.88 Å². The van der Waals surface area contributed by atoms with E-state index in [0.717, 1.165) is 12.8 Å². The van der Waals surface area contributed by atoms with Gasteiger partial charge in [-0.05, 0) is 24.3 Å². The van der Waals surface area contributed by atoms with E-state index in [1.807, 2.05) is 22.4 Å². The van der Waals surface area contributed by atoms with Gasteiger partial charge in [0.15, 0.2) is 9.84 Å². The van der Waals surface area contributed by atoms with Gasteiger partial charge in [0.05, 0.1) is 18.1 Å². The van der Waals surface area contributed by atoms with Crippen LogP contribution >= 0.6 is 11.3 Å². The van der Waals surface area contributed by atoms with E-state index < -0.39 is 9.84 Å². The molecule has 0 radical (unpaired) electrons. The van der Waals surface area contributed by atoms with Crippen molar-refractivity contribution in [3.05, 3.63) is 22.4 Å². The first kappa shape index (κ1) is 15.0. The summed E-state index contributed by atoms with van der Waals surface area (Å²) in [7, 11) is -2.99. The van der Waals surface area contributed by atoms with Gasteiger partial charge in [0.1, 0.15) is 0 Å². The van der Waals surface area contributed by atoms with Crippen LogP contribution in [0.4, 0.5) is 0 Å². The number of carbonyl (C=O) groups is 1. The van der Waals surface area contributed by atoms with Gasteiger partial charge in [-0.15, -0.1) is 11.3 Å². The summed E-state index contributed by atoms with van der Waals surface area (Å²) in [6, 6.07) is 4.14. The highest BCUT2D eigenvalue weighted by molar-refractivity contribution is 7.91. The highest BCUT2D eigenvalue weighted by Gasteiger charge is 2.35. The Morgan fingerprint density at radius 1 is 1.43 bits per heavy atom. The molecule has 1 aromatic heterocycles. The van der Waals surface area contributed by atoms with Crippen molar-refractivity contribution < 1.29 is 13.2 Å². The monoisotopic (exact) mass is 328 g/mol. The molecule has 7 heteroatoms. The van der Waals surface area contributed by atoms with Crippen LogP contribution in [0.15, 0.2) is 17.5 Å². The van der Waals surface area contributed by atoms with Crippen molar-refractivity contribution in [2.45, 2.75) is 37.9 Å². The number of hydrogen-bond donors (Lipinski definition) is 1. The topological polar surface area (TPSA) is 66.5 Å². The minimum absolute atomic E-state index is 0.0699. The lowest BCUT2D eigenvalue weighted by molar-refractivity contribution is -0.132. The molecule has 1 amide bonds. The normalized spacial score (nSPS) is 24.7. The Morgan fingerprint density at radius 3 is 2.86 bits per heavy atom. The summed E-state index contributed by atoms with van der Waals surface area (Å²) in [5.74, 6) is 0.329. The highest BCUT2D eigenvalue weighted by atomic mass is 32.2. The third kappa shape index (κ3) is 4.05. The molecule has 1 atom stereocenters. The molecule has 21 heavy (non-hydrogen) atoms. The molecule has 0 spiro atoms. The molecule has 1 unspecified atom stereocenters. The Morgan fingerprint density at radius 2 is 2.24 bits per heavy atom. The van der Waals surface area contributed by atoms with E-state index in [1.54, 1.807) is 11.3 Å². The Hall–Kier alpha value is -0.920. The molecule has 5 nitrogen and oxygen atoms in total. The summed E-state index contributed by atoms with van der Waals surface area (Å²) in [5, 5.41) is 5.17. The summed E-state index contributed by atoms with van der Waals surface area (Å²) >= 11 is 1.65. The molecule has 1 aliphatic heterocycles. The van der Waals surface area contributed by atoms with Crippen LogP contribution in [0.5, 0.6) is 0 Å². The van der Waals surface area contributed by atoms with E-state index in [2.05, 4.69) is 5.32 Å². The predicted molar refractivity (Wildman–Crippen MR) is 83.0 cm³/mol. The fraction of sp³-hybridized carbons (Fsp3) is 0.643. The molecule has 1 aromatic rings. The molecule has 1 saturated carbocycles. The zero-order chi connectivity index (χ0) is 14.9. The fourth-order valence-corrected chi connectivity index (χ4v) is 4.85. The number of carbonyl (C=O) groups excluding carboxylic acids is 1. The number of hydrogen-bond acceptors (Lipinski definition) is 5. The first-order valence-corrected chi connectivity index (χ1v) is 9.99. The Kier molecular flexibility index (Phi) is 4.33. The summed E-state index contributed by atoms with van der Waals surface area (Å²) in [6.07, 6.45) is 2.40. The van der Waals surface area contributed by atoms with Crippen LogP contribution in [-0.4, -0.2) is 49.4 Å². The van der Waals surface area contributed by atoms with Crippen LogP contribution in [0.3, 0.4) is 0 Å². The number of nitrogens with one attached hydrogen (secondary N) is 1. The van der Waals surface area contributed by atoms with Gasteiger partial charge in [0.2, 0.25) is 5.91 Å². The number of amides is 1. The van der Waals surface area contributed by atoms with Gasteiger partial charge in [-0.25, -0.2) is 8.42 Å². The largest absolute Gasteiger partial charge is 0.335 e. The maximum atomic E-state index is 12.5.